The van der Waals surface area contributed by atoms with E-state index in [4.69, 9.17) is 11.6 Å². The number of hydrogen-bond acceptors (Lipinski definition) is 5. The van der Waals surface area contributed by atoms with E-state index in [0.29, 0.717) is 5.02 Å². The number of anilines is 1. The summed E-state index contributed by atoms with van der Waals surface area (Å²) in [7, 11) is 0. The van der Waals surface area contributed by atoms with Gasteiger partial charge in [-0.2, -0.15) is 0 Å². The molecule has 1 aromatic heterocycles. The van der Waals surface area contributed by atoms with E-state index in [0.717, 1.165) is 29.0 Å². The van der Waals surface area contributed by atoms with Gasteiger partial charge >= 0.3 is 0 Å². The highest BCUT2D eigenvalue weighted by Crippen LogP contribution is 2.25. The van der Waals surface area contributed by atoms with Gasteiger partial charge in [0.25, 0.3) is 0 Å². The van der Waals surface area contributed by atoms with Crippen molar-refractivity contribution in [2.24, 2.45) is 0 Å². The lowest BCUT2D eigenvalue weighted by Gasteiger charge is -2.08. The van der Waals surface area contributed by atoms with E-state index in [2.05, 4.69) is 58.2 Å². The zero-order valence-electron chi connectivity index (χ0n) is 15.7. The summed E-state index contributed by atoms with van der Waals surface area (Å²) in [5.74, 6) is 1.83. The molecule has 1 heterocycles. The van der Waals surface area contributed by atoms with Crippen molar-refractivity contribution in [1.82, 2.24) is 14.8 Å². The van der Waals surface area contributed by atoms with E-state index in [1.54, 1.807) is 36.0 Å². The fraction of sp³-hybridized carbons (Fsp3) is 0.250. The molecule has 3 rings (SSSR count). The molecule has 0 aliphatic rings. The van der Waals surface area contributed by atoms with Crippen molar-refractivity contribution < 1.29 is 4.79 Å². The Hall–Kier alpha value is -1.96. The summed E-state index contributed by atoms with van der Waals surface area (Å²) in [6, 6.07) is 15.5. The van der Waals surface area contributed by atoms with E-state index < -0.39 is 0 Å². The van der Waals surface area contributed by atoms with Crippen LogP contribution in [-0.4, -0.2) is 26.4 Å². The van der Waals surface area contributed by atoms with Crippen LogP contribution >= 0.6 is 35.1 Å². The Balaban J connectivity index is 1.56. The van der Waals surface area contributed by atoms with Gasteiger partial charge in [0.05, 0.1) is 11.5 Å². The number of halogens is 1. The average molecular weight is 433 g/mol. The number of rotatable bonds is 8. The van der Waals surface area contributed by atoms with Gasteiger partial charge in [-0.3, -0.25) is 4.79 Å². The fourth-order valence-electron chi connectivity index (χ4n) is 2.49. The number of carbonyl (C=O) groups excluding carboxylic acids is 1. The highest BCUT2D eigenvalue weighted by atomic mass is 35.5. The predicted octanol–water partition coefficient (Wildman–Crippen LogP) is 5.28. The molecule has 0 atom stereocenters. The van der Waals surface area contributed by atoms with Gasteiger partial charge in [-0.05, 0) is 50.2 Å². The molecule has 0 saturated heterocycles. The van der Waals surface area contributed by atoms with Crippen LogP contribution in [0.3, 0.4) is 0 Å². The molecule has 5 nitrogen and oxygen atoms in total. The number of amides is 1. The molecule has 0 unspecified atom stereocenters. The first-order valence-corrected chi connectivity index (χ1v) is 11.2. The summed E-state index contributed by atoms with van der Waals surface area (Å²) in [6.07, 6.45) is 0. The van der Waals surface area contributed by atoms with Crippen LogP contribution in [-0.2, 0) is 17.1 Å². The summed E-state index contributed by atoms with van der Waals surface area (Å²) in [5, 5.41) is 12.8. The zero-order valence-corrected chi connectivity index (χ0v) is 18.1. The zero-order chi connectivity index (χ0) is 19.9. The van der Waals surface area contributed by atoms with Crippen molar-refractivity contribution in [3.63, 3.8) is 0 Å². The van der Waals surface area contributed by atoms with E-state index in [-0.39, 0.29) is 11.7 Å². The standard InChI is InChI=1S/C20H21ClN4OS2/c1-3-25-18(12-27-17-10-4-14(2)5-11-17)23-24-20(25)28-13-19(26)22-16-8-6-15(21)7-9-16/h4-11H,3,12-13H2,1-2H3,(H,22,26). The number of aryl methyl sites for hydroxylation is 1. The first kappa shape index (κ1) is 20.8. The molecular weight excluding hydrogens is 412 g/mol. The SMILES string of the molecule is CCn1c(CSc2ccc(C)cc2)nnc1SCC(=O)Nc1ccc(Cl)cc1. The number of nitrogens with one attached hydrogen (secondary N) is 1. The maximum atomic E-state index is 12.2. The molecule has 1 N–H and O–H groups in total. The minimum atomic E-state index is -0.0893. The van der Waals surface area contributed by atoms with Crippen LogP contribution in [0.4, 0.5) is 5.69 Å². The maximum Gasteiger partial charge on any atom is 0.234 e. The second-order valence-electron chi connectivity index (χ2n) is 6.09. The molecule has 0 spiro atoms. The van der Waals surface area contributed by atoms with Gasteiger partial charge in [-0.25, -0.2) is 0 Å². The van der Waals surface area contributed by atoms with Crippen LogP contribution in [0.2, 0.25) is 5.02 Å². The molecule has 0 radical (unpaired) electrons. The van der Waals surface area contributed by atoms with E-state index in [9.17, 15) is 4.79 Å². The number of hydrogen-bond donors (Lipinski definition) is 1. The van der Waals surface area contributed by atoms with Crippen LogP contribution < -0.4 is 5.32 Å². The Morgan fingerprint density at radius 3 is 2.46 bits per heavy atom. The topological polar surface area (TPSA) is 59.8 Å². The van der Waals surface area contributed by atoms with Crippen LogP contribution in [0.5, 0.6) is 0 Å². The third-order valence-corrected chi connectivity index (χ3v) is 6.19. The first-order chi connectivity index (χ1) is 13.5. The van der Waals surface area contributed by atoms with Crippen molar-refractivity contribution in [3.8, 4) is 0 Å². The Bertz CT molecular complexity index is 926. The van der Waals surface area contributed by atoms with Crippen molar-refractivity contribution in [2.75, 3.05) is 11.1 Å². The van der Waals surface area contributed by atoms with Gasteiger partial charge < -0.3 is 9.88 Å². The third-order valence-electron chi connectivity index (χ3n) is 3.96. The van der Waals surface area contributed by atoms with Crippen LogP contribution in [0.1, 0.15) is 18.3 Å². The molecule has 0 aliphatic heterocycles. The number of aromatic nitrogens is 3. The van der Waals surface area contributed by atoms with Gasteiger partial charge in [-0.1, -0.05) is 41.1 Å². The minimum absolute atomic E-state index is 0.0893. The fourth-order valence-corrected chi connectivity index (χ4v) is 4.28. The average Bonchev–Trinajstić information content (AvgIpc) is 3.09. The third kappa shape index (κ3) is 5.77. The lowest BCUT2D eigenvalue weighted by atomic mass is 10.2. The Kier molecular flexibility index (Phi) is 7.42. The number of thioether (sulfide) groups is 2. The Labute approximate surface area is 178 Å². The molecule has 0 bridgehead atoms. The van der Waals surface area contributed by atoms with E-state index in [1.165, 1.54) is 22.2 Å². The summed E-state index contributed by atoms with van der Waals surface area (Å²) in [5.41, 5.74) is 1.97. The number of nitrogens with zero attached hydrogens (tertiary/aromatic N) is 3. The molecule has 1 amide bonds. The van der Waals surface area contributed by atoms with Crippen molar-refractivity contribution in [1.29, 1.82) is 0 Å². The molecule has 2 aromatic carbocycles. The second-order valence-corrected chi connectivity index (χ2v) is 8.52. The number of benzene rings is 2. The second kappa shape index (κ2) is 10.0. The monoisotopic (exact) mass is 432 g/mol. The molecule has 0 saturated carbocycles. The molecule has 28 heavy (non-hydrogen) atoms. The minimum Gasteiger partial charge on any atom is -0.325 e. The summed E-state index contributed by atoms with van der Waals surface area (Å²) in [6.45, 7) is 4.90. The predicted molar refractivity (Wildman–Crippen MR) is 117 cm³/mol. The molecule has 0 aliphatic carbocycles. The maximum absolute atomic E-state index is 12.2. The highest BCUT2D eigenvalue weighted by Gasteiger charge is 2.13. The van der Waals surface area contributed by atoms with E-state index in [1.807, 2.05) is 0 Å². The van der Waals surface area contributed by atoms with Gasteiger partial charge in [0.15, 0.2) is 5.16 Å². The molecule has 146 valence electrons. The molecule has 3 aromatic rings. The lowest BCUT2D eigenvalue weighted by Crippen LogP contribution is -2.14. The highest BCUT2D eigenvalue weighted by molar-refractivity contribution is 7.99. The molecular formula is C20H21ClN4OS2. The Morgan fingerprint density at radius 2 is 1.79 bits per heavy atom. The number of carbonyl (C=O) groups is 1. The van der Waals surface area contributed by atoms with Crippen LogP contribution in [0.15, 0.2) is 58.6 Å². The molecule has 8 heteroatoms. The van der Waals surface area contributed by atoms with Gasteiger partial charge in [-0.15, -0.1) is 22.0 Å². The van der Waals surface area contributed by atoms with Gasteiger partial charge in [0.2, 0.25) is 5.91 Å². The lowest BCUT2D eigenvalue weighted by molar-refractivity contribution is -0.113. The molecule has 0 fully saturated rings. The smallest absolute Gasteiger partial charge is 0.234 e. The summed E-state index contributed by atoms with van der Waals surface area (Å²) >= 11 is 8.98. The van der Waals surface area contributed by atoms with Crippen molar-refractivity contribution in [2.45, 2.75) is 36.2 Å². The largest absolute Gasteiger partial charge is 0.325 e. The van der Waals surface area contributed by atoms with Crippen LogP contribution in [0, 0.1) is 6.92 Å². The van der Waals surface area contributed by atoms with Crippen molar-refractivity contribution in [3.05, 3.63) is 64.9 Å². The summed E-state index contributed by atoms with van der Waals surface area (Å²) < 4.78 is 2.06. The first-order valence-electron chi connectivity index (χ1n) is 8.85. The summed E-state index contributed by atoms with van der Waals surface area (Å²) in [4.78, 5) is 13.4. The quantitative estimate of drug-likeness (QED) is 0.490. The Morgan fingerprint density at radius 1 is 1.07 bits per heavy atom. The van der Waals surface area contributed by atoms with Crippen molar-refractivity contribution >= 4 is 46.7 Å². The normalized spacial score (nSPS) is 10.8. The van der Waals surface area contributed by atoms with Gasteiger partial charge in [0, 0.05) is 22.2 Å². The van der Waals surface area contributed by atoms with Gasteiger partial charge in [0.1, 0.15) is 5.82 Å². The van der Waals surface area contributed by atoms with E-state index >= 15 is 0 Å². The van der Waals surface area contributed by atoms with Crippen LogP contribution in [0.25, 0.3) is 0 Å².